The summed E-state index contributed by atoms with van der Waals surface area (Å²) in [7, 11) is 0. The van der Waals surface area contributed by atoms with Crippen LogP contribution in [0.5, 0.6) is 0 Å². The molecule has 0 aliphatic heterocycles. The molecule has 1 N–H and O–H groups in total. The molecule has 0 saturated carbocycles. The standard InChI is InChI=1S/C19H20BrNO3/c1-3-15(14-7-5-4-6-8-14)19(23)24-12-18(22)21-17-10-9-13(2)11-16(17)20/h4-11,15H,3,12H2,1-2H3,(H,21,22)/t15-/m1/s1. The zero-order chi connectivity index (χ0) is 17.5. The number of carbonyl (C=O) groups is 2. The van der Waals surface area contributed by atoms with E-state index in [9.17, 15) is 9.59 Å². The highest BCUT2D eigenvalue weighted by Crippen LogP contribution is 2.23. The maximum atomic E-state index is 12.2. The van der Waals surface area contributed by atoms with Crippen LogP contribution in [-0.4, -0.2) is 18.5 Å². The van der Waals surface area contributed by atoms with E-state index in [4.69, 9.17) is 4.74 Å². The van der Waals surface area contributed by atoms with Crippen molar-refractivity contribution < 1.29 is 14.3 Å². The van der Waals surface area contributed by atoms with Gasteiger partial charge in [-0.05, 0) is 52.5 Å². The molecule has 0 bridgehead atoms. The monoisotopic (exact) mass is 389 g/mol. The quantitative estimate of drug-likeness (QED) is 0.743. The van der Waals surface area contributed by atoms with Gasteiger partial charge in [0.2, 0.25) is 0 Å². The van der Waals surface area contributed by atoms with E-state index in [-0.39, 0.29) is 24.4 Å². The second-order valence-electron chi connectivity index (χ2n) is 5.51. The van der Waals surface area contributed by atoms with Gasteiger partial charge in [-0.1, -0.05) is 43.3 Å². The first-order chi connectivity index (χ1) is 11.5. The number of hydrogen-bond donors (Lipinski definition) is 1. The first kappa shape index (κ1) is 18.2. The lowest BCUT2D eigenvalue weighted by molar-refractivity contribution is -0.149. The van der Waals surface area contributed by atoms with Crippen molar-refractivity contribution in [2.24, 2.45) is 0 Å². The first-order valence-electron chi connectivity index (χ1n) is 7.79. The Labute approximate surface area is 150 Å². The third-order valence-corrected chi connectivity index (χ3v) is 4.29. The molecule has 2 rings (SSSR count). The molecule has 5 heteroatoms. The van der Waals surface area contributed by atoms with Crippen molar-refractivity contribution >= 4 is 33.5 Å². The van der Waals surface area contributed by atoms with Crippen LogP contribution >= 0.6 is 15.9 Å². The second kappa shape index (κ2) is 8.64. The van der Waals surface area contributed by atoms with Crippen molar-refractivity contribution in [1.29, 1.82) is 0 Å². The number of benzene rings is 2. The van der Waals surface area contributed by atoms with E-state index in [1.165, 1.54) is 0 Å². The van der Waals surface area contributed by atoms with Gasteiger partial charge in [0.1, 0.15) is 0 Å². The number of ether oxygens (including phenoxy) is 1. The van der Waals surface area contributed by atoms with E-state index in [2.05, 4.69) is 21.2 Å². The summed E-state index contributed by atoms with van der Waals surface area (Å²) in [5.74, 6) is -1.11. The van der Waals surface area contributed by atoms with Crippen molar-refractivity contribution in [1.82, 2.24) is 0 Å². The fraction of sp³-hybridized carbons (Fsp3) is 0.263. The Bertz CT molecular complexity index is 716. The van der Waals surface area contributed by atoms with Crippen LogP contribution in [0.25, 0.3) is 0 Å². The molecular formula is C19H20BrNO3. The highest BCUT2D eigenvalue weighted by molar-refractivity contribution is 9.10. The molecule has 2 aromatic rings. The van der Waals surface area contributed by atoms with Crippen LogP contribution in [0.2, 0.25) is 0 Å². The van der Waals surface area contributed by atoms with E-state index >= 15 is 0 Å². The lowest BCUT2D eigenvalue weighted by Gasteiger charge is -2.14. The van der Waals surface area contributed by atoms with Gasteiger partial charge in [0.05, 0.1) is 11.6 Å². The van der Waals surface area contributed by atoms with E-state index in [1.54, 1.807) is 6.07 Å². The summed E-state index contributed by atoms with van der Waals surface area (Å²) in [5, 5.41) is 2.73. The molecule has 4 nitrogen and oxygen atoms in total. The minimum atomic E-state index is -0.387. The van der Waals surface area contributed by atoms with Crippen LogP contribution in [-0.2, 0) is 14.3 Å². The second-order valence-corrected chi connectivity index (χ2v) is 6.37. The zero-order valence-electron chi connectivity index (χ0n) is 13.7. The van der Waals surface area contributed by atoms with Crippen LogP contribution in [0.3, 0.4) is 0 Å². The van der Waals surface area contributed by atoms with Crippen molar-refractivity contribution in [2.75, 3.05) is 11.9 Å². The van der Waals surface area contributed by atoms with Crippen LogP contribution in [0, 0.1) is 6.92 Å². The predicted octanol–water partition coefficient (Wildman–Crippen LogP) is 4.43. The molecule has 0 aliphatic carbocycles. The molecule has 0 fully saturated rings. The molecule has 24 heavy (non-hydrogen) atoms. The third-order valence-electron chi connectivity index (χ3n) is 3.64. The average molecular weight is 390 g/mol. The summed E-state index contributed by atoms with van der Waals surface area (Å²) >= 11 is 3.40. The largest absolute Gasteiger partial charge is 0.455 e. The number of carbonyl (C=O) groups excluding carboxylic acids is 2. The molecule has 0 saturated heterocycles. The molecule has 0 spiro atoms. The molecule has 2 aromatic carbocycles. The van der Waals surface area contributed by atoms with Gasteiger partial charge in [0, 0.05) is 4.47 Å². The zero-order valence-corrected chi connectivity index (χ0v) is 15.3. The lowest BCUT2D eigenvalue weighted by atomic mass is 9.97. The Morgan fingerprint density at radius 2 is 1.88 bits per heavy atom. The van der Waals surface area contributed by atoms with E-state index in [0.717, 1.165) is 15.6 Å². The smallest absolute Gasteiger partial charge is 0.313 e. The number of aryl methyl sites for hydroxylation is 1. The predicted molar refractivity (Wildman–Crippen MR) is 97.9 cm³/mol. The Morgan fingerprint density at radius 3 is 2.50 bits per heavy atom. The number of anilines is 1. The van der Waals surface area contributed by atoms with Gasteiger partial charge in [-0.3, -0.25) is 9.59 Å². The highest BCUT2D eigenvalue weighted by Gasteiger charge is 2.21. The number of hydrogen-bond acceptors (Lipinski definition) is 3. The summed E-state index contributed by atoms with van der Waals surface area (Å²) < 4.78 is 5.97. The molecule has 0 unspecified atom stereocenters. The van der Waals surface area contributed by atoms with Gasteiger partial charge in [0.25, 0.3) is 5.91 Å². The Morgan fingerprint density at radius 1 is 1.17 bits per heavy atom. The topological polar surface area (TPSA) is 55.4 Å². The molecule has 0 aliphatic rings. The van der Waals surface area contributed by atoms with Crippen LogP contribution in [0.15, 0.2) is 53.0 Å². The minimum Gasteiger partial charge on any atom is -0.455 e. The molecule has 1 amide bonds. The molecule has 0 radical (unpaired) electrons. The number of rotatable bonds is 6. The van der Waals surface area contributed by atoms with Crippen LogP contribution in [0.4, 0.5) is 5.69 Å². The molecule has 0 aromatic heterocycles. The van der Waals surface area contributed by atoms with Gasteiger partial charge < -0.3 is 10.1 Å². The van der Waals surface area contributed by atoms with Gasteiger partial charge in [-0.25, -0.2) is 0 Å². The Kier molecular flexibility index (Phi) is 6.55. The highest BCUT2D eigenvalue weighted by atomic mass is 79.9. The third kappa shape index (κ3) is 4.93. The SMILES string of the molecule is CC[C@@H](C(=O)OCC(=O)Nc1ccc(C)cc1Br)c1ccccc1. The first-order valence-corrected chi connectivity index (χ1v) is 8.58. The Balaban J connectivity index is 1.92. The summed E-state index contributed by atoms with van der Waals surface area (Å²) in [6.45, 7) is 3.58. The number of amides is 1. The van der Waals surface area contributed by atoms with Crippen LogP contribution < -0.4 is 5.32 Å². The number of esters is 1. The van der Waals surface area contributed by atoms with E-state index < -0.39 is 0 Å². The minimum absolute atomic E-state index is 0.303. The summed E-state index contributed by atoms with van der Waals surface area (Å²) in [4.78, 5) is 24.2. The average Bonchev–Trinajstić information content (AvgIpc) is 2.57. The van der Waals surface area contributed by atoms with Gasteiger partial charge in [-0.2, -0.15) is 0 Å². The summed E-state index contributed by atoms with van der Waals surface area (Å²) in [5.41, 5.74) is 2.63. The van der Waals surface area contributed by atoms with E-state index in [0.29, 0.717) is 12.1 Å². The maximum absolute atomic E-state index is 12.2. The van der Waals surface area contributed by atoms with Gasteiger partial charge >= 0.3 is 5.97 Å². The Hall–Kier alpha value is -2.14. The van der Waals surface area contributed by atoms with Crippen molar-refractivity contribution in [3.63, 3.8) is 0 Å². The normalized spacial score (nSPS) is 11.6. The number of nitrogens with one attached hydrogen (secondary N) is 1. The van der Waals surface area contributed by atoms with Crippen LogP contribution in [0.1, 0.15) is 30.4 Å². The maximum Gasteiger partial charge on any atom is 0.313 e. The van der Waals surface area contributed by atoms with Crippen molar-refractivity contribution in [2.45, 2.75) is 26.2 Å². The summed E-state index contributed by atoms with van der Waals surface area (Å²) in [6, 6.07) is 15.0. The molecule has 1 atom stereocenters. The number of halogens is 1. The van der Waals surface area contributed by atoms with E-state index in [1.807, 2.05) is 56.3 Å². The fourth-order valence-electron chi connectivity index (χ4n) is 2.37. The van der Waals surface area contributed by atoms with Crippen molar-refractivity contribution in [3.05, 3.63) is 64.1 Å². The van der Waals surface area contributed by atoms with Gasteiger partial charge in [-0.15, -0.1) is 0 Å². The lowest BCUT2D eigenvalue weighted by Crippen LogP contribution is -2.24. The summed E-state index contributed by atoms with van der Waals surface area (Å²) in [6.07, 6.45) is 0.619. The molecule has 0 heterocycles. The van der Waals surface area contributed by atoms with Gasteiger partial charge in [0.15, 0.2) is 6.61 Å². The molecular weight excluding hydrogens is 370 g/mol. The van der Waals surface area contributed by atoms with Crippen molar-refractivity contribution in [3.8, 4) is 0 Å². The molecule has 126 valence electrons. The fourth-order valence-corrected chi connectivity index (χ4v) is 2.96.